The molecule has 1 aromatic heterocycles. The predicted molar refractivity (Wildman–Crippen MR) is 68.1 cm³/mol. The van der Waals surface area contributed by atoms with Gasteiger partial charge >= 0.3 is 0 Å². The summed E-state index contributed by atoms with van der Waals surface area (Å²) < 4.78 is 2.24. The fourth-order valence-electron chi connectivity index (χ4n) is 1.40. The lowest BCUT2D eigenvalue weighted by molar-refractivity contribution is 0.283. The smallest absolute Gasteiger partial charge is 0.0766 e. The van der Waals surface area contributed by atoms with E-state index in [0.29, 0.717) is 0 Å². The molecule has 0 saturated heterocycles. The largest absolute Gasteiger partial charge is 0.392 e. The highest BCUT2D eigenvalue weighted by Gasteiger charge is 2.09. The van der Waals surface area contributed by atoms with Crippen molar-refractivity contribution < 1.29 is 5.11 Å². The Morgan fingerprint density at radius 1 is 1.36 bits per heavy atom. The summed E-state index contributed by atoms with van der Waals surface area (Å²) in [6.45, 7) is 0.0896. The predicted octanol–water partition coefficient (Wildman–Crippen LogP) is 4.05. The molecule has 0 bridgehead atoms. The van der Waals surface area contributed by atoms with E-state index in [4.69, 9.17) is 0 Å². The molecule has 0 amide bonds. The fraction of sp³-hybridized carbons (Fsp3) is 0.200. The molecule has 14 heavy (non-hydrogen) atoms. The van der Waals surface area contributed by atoms with Crippen molar-refractivity contribution in [3.63, 3.8) is 0 Å². The molecule has 2 aromatic rings. The van der Waals surface area contributed by atoms with Crippen LogP contribution in [0.15, 0.2) is 22.0 Å². The molecule has 1 heterocycles. The molecule has 0 saturated carbocycles. The van der Waals surface area contributed by atoms with E-state index in [1.165, 1.54) is 10.3 Å². The van der Waals surface area contributed by atoms with Crippen molar-refractivity contribution in [2.24, 2.45) is 0 Å². The molecule has 1 N–H and O–H groups in total. The van der Waals surface area contributed by atoms with E-state index < -0.39 is 0 Å². The van der Waals surface area contributed by atoms with Crippen LogP contribution < -0.4 is 0 Å². The summed E-state index contributed by atoms with van der Waals surface area (Å²) in [4.78, 5) is 0. The van der Waals surface area contributed by atoms with Crippen LogP contribution in [0.4, 0.5) is 0 Å². The summed E-state index contributed by atoms with van der Waals surface area (Å²) in [5.74, 6) is 0. The highest BCUT2D eigenvalue weighted by Crippen LogP contribution is 2.36. The number of benzene rings is 1. The van der Waals surface area contributed by atoms with Crippen molar-refractivity contribution in [3.05, 3.63) is 33.1 Å². The average Bonchev–Trinajstić information content (AvgIpc) is 2.52. The molecule has 0 unspecified atom stereocenters. The Bertz CT molecular complexity index is 464. The zero-order valence-electron chi connectivity index (χ0n) is 7.26. The maximum atomic E-state index is 9.23. The Balaban J connectivity index is 2.71. The van der Waals surface area contributed by atoms with E-state index in [1.54, 1.807) is 11.3 Å². The van der Waals surface area contributed by atoms with Crippen molar-refractivity contribution in [1.82, 2.24) is 0 Å². The van der Waals surface area contributed by atoms with Gasteiger partial charge in [0.2, 0.25) is 0 Å². The average molecular weight is 336 g/mol. The van der Waals surface area contributed by atoms with E-state index >= 15 is 0 Å². The van der Waals surface area contributed by atoms with Gasteiger partial charge in [-0.3, -0.25) is 0 Å². The number of hydrogen-bond acceptors (Lipinski definition) is 2. The normalized spacial score (nSPS) is 11.1. The Morgan fingerprint density at radius 3 is 2.79 bits per heavy atom. The van der Waals surface area contributed by atoms with E-state index in [-0.39, 0.29) is 6.61 Å². The number of aliphatic hydroxyl groups is 1. The van der Waals surface area contributed by atoms with Crippen LogP contribution in [-0.2, 0) is 11.9 Å². The summed E-state index contributed by atoms with van der Waals surface area (Å²) in [5.41, 5.74) is 2.23. The lowest BCUT2D eigenvalue weighted by Gasteiger charge is -1.97. The van der Waals surface area contributed by atoms with Crippen molar-refractivity contribution in [1.29, 1.82) is 0 Å². The first-order valence-electron chi connectivity index (χ1n) is 4.13. The zero-order valence-corrected chi connectivity index (χ0v) is 11.2. The second-order valence-electron chi connectivity index (χ2n) is 2.98. The van der Waals surface area contributed by atoms with Crippen LogP contribution in [0.1, 0.15) is 11.1 Å². The molecular weight excluding hydrogens is 328 g/mol. The summed E-state index contributed by atoms with van der Waals surface area (Å²) >= 11 is 8.55. The third kappa shape index (κ3) is 1.76. The van der Waals surface area contributed by atoms with E-state index in [2.05, 4.69) is 50.1 Å². The Kier molecular flexibility index (Phi) is 3.27. The van der Waals surface area contributed by atoms with Crippen LogP contribution in [0.3, 0.4) is 0 Å². The minimum atomic E-state index is 0.0896. The molecule has 0 atom stereocenters. The lowest BCUT2D eigenvalue weighted by Crippen LogP contribution is -1.82. The number of aliphatic hydroxyl groups excluding tert-OH is 1. The molecule has 2 rings (SSSR count). The van der Waals surface area contributed by atoms with Gasteiger partial charge in [-0.25, -0.2) is 0 Å². The molecule has 0 radical (unpaired) electrons. The summed E-state index contributed by atoms with van der Waals surface area (Å²) in [6.07, 6.45) is 0. The lowest BCUT2D eigenvalue weighted by atomic mass is 10.1. The van der Waals surface area contributed by atoms with Gasteiger partial charge in [-0.05, 0) is 39.0 Å². The quantitative estimate of drug-likeness (QED) is 0.821. The first-order valence-corrected chi connectivity index (χ1v) is 6.86. The molecule has 0 aliphatic heterocycles. The monoisotopic (exact) mass is 334 g/mol. The third-order valence-electron chi connectivity index (χ3n) is 2.12. The van der Waals surface area contributed by atoms with Gasteiger partial charge in [0, 0.05) is 15.6 Å². The highest BCUT2D eigenvalue weighted by molar-refractivity contribution is 9.11. The Hall–Kier alpha value is 0.1000. The van der Waals surface area contributed by atoms with E-state index in [9.17, 15) is 5.11 Å². The number of thiophene rings is 1. The number of fused-ring (bicyclic) bond motifs is 1. The van der Waals surface area contributed by atoms with Crippen LogP contribution in [0.2, 0.25) is 0 Å². The second kappa shape index (κ2) is 4.31. The number of rotatable bonds is 2. The van der Waals surface area contributed by atoms with Crippen molar-refractivity contribution in [2.45, 2.75) is 11.9 Å². The van der Waals surface area contributed by atoms with Crippen LogP contribution in [0, 0.1) is 0 Å². The van der Waals surface area contributed by atoms with Crippen LogP contribution in [-0.4, -0.2) is 5.11 Å². The topological polar surface area (TPSA) is 20.2 Å². The molecule has 1 aromatic carbocycles. The van der Waals surface area contributed by atoms with Gasteiger partial charge in [0.05, 0.1) is 10.4 Å². The Morgan fingerprint density at radius 2 is 2.14 bits per heavy atom. The van der Waals surface area contributed by atoms with Crippen LogP contribution >= 0.6 is 43.2 Å². The number of alkyl halides is 1. The van der Waals surface area contributed by atoms with Gasteiger partial charge in [0.15, 0.2) is 0 Å². The van der Waals surface area contributed by atoms with Crippen molar-refractivity contribution in [3.8, 4) is 0 Å². The maximum Gasteiger partial charge on any atom is 0.0766 e. The van der Waals surface area contributed by atoms with E-state index in [0.717, 1.165) is 20.1 Å². The van der Waals surface area contributed by atoms with Gasteiger partial charge in [-0.15, -0.1) is 11.3 Å². The SMILES string of the molecule is OCc1c(Br)sc2ccc(CBr)cc12. The molecule has 0 fully saturated rings. The van der Waals surface area contributed by atoms with Gasteiger partial charge < -0.3 is 5.11 Å². The van der Waals surface area contributed by atoms with Gasteiger partial charge in [0.1, 0.15) is 0 Å². The van der Waals surface area contributed by atoms with Crippen molar-refractivity contribution >= 4 is 53.3 Å². The first-order chi connectivity index (χ1) is 6.76. The Labute approximate surface area is 103 Å². The van der Waals surface area contributed by atoms with E-state index in [1.807, 2.05) is 0 Å². The molecule has 0 aliphatic carbocycles. The summed E-state index contributed by atoms with van der Waals surface area (Å²) in [6, 6.07) is 6.32. The molecule has 74 valence electrons. The third-order valence-corrected chi connectivity index (χ3v) is 4.73. The first kappa shape index (κ1) is 10.6. The van der Waals surface area contributed by atoms with Crippen molar-refractivity contribution in [2.75, 3.05) is 0 Å². The molecule has 1 nitrogen and oxygen atoms in total. The van der Waals surface area contributed by atoms with Crippen LogP contribution in [0.5, 0.6) is 0 Å². The summed E-state index contributed by atoms with van der Waals surface area (Å²) in [5, 5.41) is 11.2. The maximum absolute atomic E-state index is 9.23. The molecule has 0 aliphatic rings. The van der Waals surface area contributed by atoms with Gasteiger partial charge in [-0.1, -0.05) is 22.0 Å². The molecule has 0 spiro atoms. The molecular formula is C10H8Br2OS. The zero-order chi connectivity index (χ0) is 10.1. The number of hydrogen-bond donors (Lipinski definition) is 1. The molecule has 4 heteroatoms. The summed E-state index contributed by atoms with van der Waals surface area (Å²) in [7, 11) is 0. The number of halogens is 2. The van der Waals surface area contributed by atoms with Crippen LogP contribution in [0.25, 0.3) is 10.1 Å². The van der Waals surface area contributed by atoms with Gasteiger partial charge in [-0.2, -0.15) is 0 Å². The highest BCUT2D eigenvalue weighted by atomic mass is 79.9. The fourth-order valence-corrected chi connectivity index (χ4v) is 3.53. The van der Waals surface area contributed by atoms with Gasteiger partial charge in [0.25, 0.3) is 0 Å². The minimum Gasteiger partial charge on any atom is -0.392 e. The second-order valence-corrected chi connectivity index (χ2v) is 5.91. The standard InChI is InChI=1S/C10H8Br2OS/c11-4-6-1-2-9-7(3-6)8(5-13)10(12)14-9/h1-3,13H,4-5H2. The minimum absolute atomic E-state index is 0.0896.